The highest BCUT2D eigenvalue weighted by molar-refractivity contribution is 7.89. The molecule has 0 bridgehead atoms. The average molecular weight is 365 g/mol. The smallest absolute Gasteiger partial charge is 0.408 e. The van der Waals surface area contributed by atoms with Crippen molar-refractivity contribution in [3.63, 3.8) is 0 Å². The van der Waals surface area contributed by atoms with Crippen molar-refractivity contribution in [3.05, 3.63) is 0 Å². The Morgan fingerprint density at radius 1 is 1.46 bits per heavy atom. The summed E-state index contributed by atoms with van der Waals surface area (Å²) in [6.07, 6.45) is -0.947. The van der Waals surface area contributed by atoms with Crippen molar-refractivity contribution < 1.29 is 32.6 Å². The first-order chi connectivity index (χ1) is 10.8. The lowest BCUT2D eigenvalue weighted by atomic mass is 10.1. The molecular formula is C13H23N3O7S. The number of nitrogens with one attached hydrogen (secondary N) is 1. The molecule has 11 heteroatoms. The van der Waals surface area contributed by atoms with Gasteiger partial charge in [-0.05, 0) is 20.8 Å². The maximum Gasteiger partial charge on any atom is 0.408 e. The second kappa shape index (κ2) is 7.34. The number of nitrogens with zero attached hydrogens (tertiary/aromatic N) is 1. The molecule has 2 atom stereocenters. The van der Waals surface area contributed by atoms with Crippen molar-refractivity contribution in [2.24, 2.45) is 11.1 Å². The van der Waals surface area contributed by atoms with Gasteiger partial charge in [-0.2, -0.15) is 0 Å². The van der Waals surface area contributed by atoms with E-state index in [-0.39, 0.29) is 31.2 Å². The van der Waals surface area contributed by atoms with Crippen LogP contribution >= 0.6 is 0 Å². The number of hydrogen-bond acceptors (Lipinski definition) is 6. The number of likely N-dealkylation sites (tertiary alicyclic amines) is 1. The molecule has 0 aromatic rings. The van der Waals surface area contributed by atoms with Gasteiger partial charge in [0.15, 0.2) is 0 Å². The van der Waals surface area contributed by atoms with E-state index < -0.39 is 39.6 Å². The van der Waals surface area contributed by atoms with E-state index in [9.17, 15) is 27.9 Å². The summed E-state index contributed by atoms with van der Waals surface area (Å²) in [5.41, 5.74) is -0.794. The van der Waals surface area contributed by atoms with Gasteiger partial charge in [0.2, 0.25) is 15.9 Å². The monoisotopic (exact) mass is 365 g/mol. The van der Waals surface area contributed by atoms with Crippen LogP contribution in [0, 0.1) is 5.92 Å². The minimum Gasteiger partial charge on any atom is -0.480 e. The topological polar surface area (TPSA) is 156 Å². The van der Waals surface area contributed by atoms with E-state index in [2.05, 4.69) is 5.32 Å². The Hall–Kier alpha value is -1.88. The van der Waals surface area contributed by atoms with Gasteiger partial charge in [0.1, 0.15) is 11.6 Å². The SMILES string of the molecule is CC(C)(C)OC(=O)NC(CN1CC(CS(N)(=O)=O)CC1=O)C(=O)O. The van der Waals surface area contributed by atoms with Crippen molar-refractivity contribution in [1.82, 2.24) is 10.2 Å². The molecular weight excluding hydrogens is 342 g/mol. The Labute approximate surface area is 140 Å². The molecule has 1 aliphatic rings. The molecule has 0 aliphatic carbocycles. The summed E-state index contributed by atoms with van der Waals surface area (Å²) in [4.78, 5) is 36.1. The minimum absolute atomic E-state index is 0.0325. The fourth-order valence-electron chi connectivity index (χ4n) is 2.33. The van der Waals surface area contributed by atoms with E-state index in [0.29, 0.717) is 0 Å². The number of sulfonamides is 1. The van der Waals surface area contributed by atoms with Crippen LogP contribution in [0.5, 0.6) is 0 Å². The van der Waals surface area contributed by atoms with Crippen LogP contribution in [-0.2, 0) is 24.3 Å². The lowest BCUT2D eigenvalue weighted by Gasteiger charge is -2.24. The zero-order chi connectivity index (χ0) is 18.7. The third-order valence-electron chi connectivity index (χ3n) is 3.15. The molecule has 0 aromatic carbocycles. The average Bonchev–Trinajstić information content (AvgIpc) is 2.63. The Morgan fingerprint density at radius 3 is 2.50 bits per heavy atom. The molecule has 1 fully saturated rings. The summed E-state index contributed by atoms with van der Waals surface area (Å²) in [6.45, 7) is 4.67. The van der Waals surface area contributed by atoms with Gasteiger partial charge in [0, 0.05) is 18.9 Å². The van der Waals surface area contributed by atoms with E-state index in [1.165, 1.54) is 4.90 Å². The maximum absolute atomic E-state index is 11.9. The third kappa shape index (κ3) is 7.13. The number of carbonyl (C=O) groups is 3. The van der Waals surface area contributed by atoms with Gasteiger partial charge in [0.05, 0.1) is 12.3 Å². The van der Waals surface area contributed by atoms with Gasteiger partial charge in [-0.25, -0.2) is 23.1 Å². The number of amides is 2. The molecule has 10 nitrogen and oxygen atoms in total. The molecule has 2 amide bonds. The lowest BCUT2D eigenvalue weighted by molar-refractivity contribution is -0.140. The summed E-state index contributed by atoms with van der Waals surface area (Å²) >= 11 is 0. The van der Waals surface area contributed by atoms with Crippen LogP contribution in [0.3, 0.4) is 0 Å². The highest BCUT2D eigenvalue weighted by Gasteiger charge is 2.35. The van der Waals surface area contributed by atoms with Gasteiger partial charge < -0.3 is 20.1 Å². The largest absolute Gasteiger partial charge is 0.480 e. The number of rotatable bonds is 6. The number of hydrogen-bond donors (Lipinski definition) is 3. The maximum atomic E-state index is 11.9. The number of nitrogens with two attached hydrogens (primary N) is 1. The lowest BCUT2D eigenvalue weighted by Crippen LogP contribution is -2.50. The fraction of sp³-hybridized carbons (Fsp3) is 0.769. The zero-order valence-corrected chi connectivity index (χ0v) is 14.6. The molecule has 138 valence electrons. The normalized spacial score (nSPS) is 19.9. The van der Waals surface area contributed by atoms with Crippen molar-refractivity contribution in [2.75, 3.05) is 18.8 Å². The molecule has 0 saturated carbocycles. The highest BCUT2D eigenvalue weighted by atomic mass is 32.2. The molecule has 1 heterocycles. The summed E-state index contributed by atoms with van der Waals surface area (Å²) < 4.78 is 27.2. The number of carboxylic acids is 1. The Bertz CT molecular complexity index is 612. The molecule has 1 aliphatic heterocycles. The summed E-state index contributed by atoms with van der Waals surface area (Å²) in [5, 5.41) is 16.3. The van der Waals surface area contributed by atoms with E-state index >= 15 is 0 Å². The van der Waals surface area contributed by atoms with Gasteiger partial charge in [-0.15, -0.1) is 0 Å². The Balaban J connectivity index is 2.67. The van der Waals surface area contributed by atoms with E-state index in [0.717, 1.165) is 0 Å². The fourth-order valence-corrected chi connectivity index (χ4v) is 3.21. The number of primary sulfonamides is 1. The van der Waals surface area contributed by atoms with E-state index in [1.54, 1.807) is 20.8 Å². The number of carbonyl (C=O) groups excluding carboxylic acids is 2. The van der Waals surface area contributed by atoms with Crippen LogP contribution in [0.25, 0.3) is 0 Å². The molecule has 2 unspecified atom stereocenters. The molecule has 1 saturated heterocycles. The molecule has 0 spiro atoms. The standard InChI is InChI=1S/C13H23N3O7S/c1-13(2,3)23-12(20)15-9(11(18)19)6-16-5-8(4-10(16)17)7-24(14,21)22/h8-9H,4-7H2,1-3H3,(H,15,20)(H,18,19)(H2,14,21,22). The summed E-state index contributed by atoms with van der Waals surface area (Å²) in [7, 11) is -3.72. The molecule has 0 aromatic heterocycles. The van der Waals surface area contributed by atoms with Crippen LogP contribution < -0.4 is 10.5 Å². The van der Waals surface area contributed by atoms with Crippen LogP contribution in [0.15, 0.2) is 0 Å². The van der Waals surface area contributed by atoms with Gasteiger partial charge in [-0.1, -0.05) is 0 Å². The van der Waals surface area contributed by atoms with Crippen LogP contribution in [0.1, 0.15) is 27.2 Å². The van der Waals surface area contributed by atoms with Crippen molar-refractivity contribution in [2.45, 2.75) is 38.8 Å². The second-order valence-electron chi connectivity index (χ2n) is 6.74. The Morgan fingerprint density at radius 2 is 2.04 bits per heavy atom. The number of carboxylic acid groups (broad SMARTS) is 1. The summed E-state index contributed by atoms with van der Waals surface area (Å²) in [6, 6.07) is -1.36. The van der Waals surface area contributed by atoms with Crippen molar-refractivity contribution >= 4 is 28.0 Å². The number of alkyl carbamates (subject to hydrolysis) is 1. The van der Waals surface area contributed by atoms with Crippen molar-refractivity contribution in [1.29, 1.82) is 0 Å². The second-order valence-corrected chi connectivity index (χ2v) is 8.39. The van der Waals surface area contributed by atoms with Gasteiger partial charge >= 0.3 is 12.1 Å². The number of aliphatic carboxylic acids is 1. The highest BCUT2D eigenvalue weighted by Crippen LogP contribution is 2.19. The number of ether oxygens (including phenoxy) is 1. The molecule has 1 rings (SSSR count). The first kappa shape index (κ1) is 20.2. The first-order valence-corrected chi connectivity index (χ1v) is 8.99. The third-order valence-corrected chi connectivity index (χ3v) is 4.09. The summed E-state index contributed by atoms with van der Waals surface area (Å²) in [5.74, 6) is -2.57. The van der Waals surface area contributed by atoms with Crippen LogP contribution in [0.2, 0.25) is 0 Å². The quantitative estimate of drug-likeness (QED) is 0.550. The molecule has 4 N–H and O–H groups in total. The van der Waals surface area contributed by atoms with Gasteiger partial charge in [-0.3, -0.25) is 4.79 Å². The van der Waals surface area contributed by atoms with E-state index in [1.807, 2.05) is 0 Å². The van der Waals surface area contributed by atoms with Crippen molar-refractivity contribution in [3.8, 4) is 0 Å². The van der Waals surface area contributed by atoms with E-state index in [4.69, 9.17) is 9.88 Å². The minimum atomic E-state index is -3.72. The zero-order valence-electron chi connectivity index (χ0n) is 13.8. The van der Waals surface area contributed by atoms with Crippen LogP contribution in [0.4, 0.5) is 4.79 Å². The predicted molar refractivity (Wildman–Crippen MR) is 83.5 cm³/mol. The molecule has 24 heavy (non-hydrogen) atoms. The van der Waals surface area contributed by atoms with Gasteiger partial charge in [0.25, 0.3) is 0 Å². The molecule has 0 radical (unpaired) electrons. The Kier molecular flexibility index (Phi) is 6.17. The van der Waals surface area contributed by atoms with Crippen LogP contribution in [-0.4, -0.2) is 66.9 Å². The first-order valence-electron chi connectivity index (χ1n) is 7.27. The predicted octanol–water partition coefficient (Wildman–Crippen LogP) is -0.899.